The van der Waals surface area contributed by atoms with E-state index >= 15 is 0 Å². The summed E-state index contributed by atoms with van der Waals surface area (Å²) in [7, 11) is 0. The van der Waals surface area contributed by atoms with Gasteiger partial charge in [0.2, 0.25) is 6.41 Å². The van der Waals surface area contributed by atoms with Crippen LogP contribution in [0.1, 0.15) is 24.4 Å². The third-order valence-electron chi connectivity index (χ3n) is 5.92. The van der Waals surface area contributed by atoms with Gasteiger partial charge < -0.3 is 4.90 Å². The molecule has 1 unspecified atom stereocenters. The Bertz CT molecular complexity index is 1200. The van der Waals surface area contributed by atoms with Crippen molar-refractivity contribution < 1.29 is 4.79 Å². The fourth-order valence-corrected chi connectivity index (χ4v) is 4.53. The molecule has 141 valence electrons. The third-order valence-corrected chi connectivity index (χ3v) is 5.92. The third kappa shape index (κ3) is 2.84. The van der Waals surface area contributed by atoms with Crippen molar-refractivity contribution in [3.05, 3.63) is 97.4 Å². The lowest BCUT2D eigenvalue weighted by Gasteiger charge is -2.32. The van der Waals surface area contributed by atoms with Gasteiger partial charge in [0.15, 0.2) is 0 Å². The molecule has 2 nitrogen and oxygen atoms in total. The zero-order chi connectivity index (χ0) is 19.8. The maximum absolute atomic E-state index is 12.3. The molecular formula is C27H22NO. The fraction of sp³-hybridized carbons (Fsp3) is 0.111. The van der Waals surface area contributed by atoms with Crippen molar-refractivity contribution in [2.75, 3.05) is 4.90 Å². The Kier molecular flexibility index (Phi) is 4.40. The molecule has 5 rings (SSSR count). The summed E-state index contributed by atoms with van der Waals surface area (Å²) >= 11 is 0. The Morgan fingerprint density at radius 2 is 1.48 bits per heavy atom. The van der Waals surface area contributed by atoms with Gasteiger partial charge in [-0.1, -0.05) is 86.1 Å². The van der Waals surface area contributed by atoms with Crippen LogP contribution in [0.3, 0.4) is 0 Å². The number of rotatable bonds is 6. The van der Waals surface area contributed by atoms with Crippen molar-refractivity contribution in [3.63, 3.8) is 0 Å². The lowest BCUT2D eigenvalue weighted by molar-refractivity contribution is -0.107. The number of anilines is 1. The Labute approximate surface area is 171 Å². The highest BCUT2D eigenvalue weighted by Gasteiger charge is 2.26. The number of hydrogen-bond donors (Lipinski definition) is 0. The van der Waals surface area contributed by atoms with Crippen molar-refractivity contribution in [1.82, 2.24) is 0 Å². The minimum Gasteiger partial charge on any atom is -0.307 e. The lowest BCUT2D eigenvalue weighted by Crippen LogP contribution is -2.27. The standard InChI is InChI=1S/C27H22NO/c1-2-8-27(25-14-7-10-19-9-3-4-11-21(19)25)28(18-29)20-15-16-24-22-12-5-6-13-23(22)26(24)17-20/h3-7,9-18,27H,1-2,8H2. The summed E-state index contributed by atoms with van der Waals surface area (Å²) in [6.45, 7) is 4.07. The van der Waals surface area contributed by atoms with Gasteiger partial charge in [0.1, 0.15) is 0 Å². The van der Waals surface area contributed by atoms with E-state index in [1.54, 1.807) is 0 Å². The average Bonchev–Trinajstić information content (AvgIpc) is 2.77. The van der Waals surface area contributed by atoms with E-state index in [1.165, 1.54) is 38.6 Å². The predicted octanol–water partition coefficient (Wildman–Crippen LogP) is 6.81. The first-order valence-corrected chi connectivity index (χ1v) is 10.1. The van der Waals surface area contributed by atoms with Crippen LogP contribution in [0.25, 0.3) is 33.0 Å². The monoisotopic (exact) mass is 376 g/mol. The first kappa shape index (κ1) is 17.7. The molecule has 4 aromatic carbocycles. The predicted molar refractivity (Wildman–Crippen MR) is 121 cm³/mol. The second-order valence-corrected chi connectivity index (χ2v) is 7.51. The molecule has 0 saturated heterocycles. The summed E-state index contributed by atoms with van der Waals surface area (Å²) in [5.74, 6) is 0. The van der Waals surface area contributed by atoms with Gasteiger partial charge in [-0.2, -0.15) is 0 Å². The molecule has 0 fully saturated rings. The number of fused-ring (bicyclic) bond motifs is 5. The van der Waals surface area contributed by atoms with E-state index in [1.807, 2.05) is 4.90 Å². The molecule has 0 heterocycles. The van der Waals surface area contributed by atoms with Crippen LogP contribution < -0.4 is 4.90 Å². The van der Waals surface area contributed by atoms with Crippen LogP contribution in [0.2, 0.25) is 0 Å². The second-order valence-electron chi connectivity index (χ2n) is 7.51. The number of carbonyl (C=O) groups is 1. The highest BCUT2D eigenvalue weighted by atomic mass is 16.1. The Morgan fingerprint density at radius 3 is 2.28 bits per heavy atom. The molecule has 0 N–H and O–H groups in total. The quantitative estimate of drug-likeness (QED) is 0.298. The molecule has 1 amide bonds. The van der Waals surface area contributed by atoms with E-state index in [2.05, 4.69) is 91.9 Å². The highest BCUT2D eigenvalue weighted by Crippen LogP contribution is 2.48. The minimum atomic E-state index is -0.0514. The number of nitrogens with zero attached hydrogens (tertiary/aromatic N) is 1. The molecule has 0 aromatic heterocycles. The van der Waals surface area contributed by atoms with Gasteiger partial charge in [-0.25, -0.2) is 0 Å². The van der Waals surface area contributed by atoms with Crippen molar-refractivity contribution in [1.29, 1.82) is 0 Å². The lowest BCUT2D eigenvalue weighted by atomic mass is 9.80. The summed E-state index contributed by atoms with van der Waals surface area (Å²) in [6, 6.07) is 29.4. The van der Waals surface area contributed by atoms with Crippen LogP contribution >= 0.6 is 0 Å². The molecule has 0 bridgehead atoms. The van der Waals surface area contributed by atoms with E-state index in [0.717, 1.165) is 24.9 Å². The summed E-state index contributed by atoms with van der Waals surface area (Å²) < 4.78 is 0. The van der Waals surface area contributed by atoms with Crippen LogP contribution in [-0.4, -0.2) is 6.41 Å². The summed E-state index contributed by atoms with van der Waals surface area (Å²) in [6.07, 6.45) is 2.53. The SMILES string of the molecule is [CH2]CCC(c1cccc2ccccc12)N(C=O)c1ccc2c(c1)-c1ccccc1-2. The smallest absolute Gasteiger partial charge is 0.214 e. The molecule has 29 heavy (non-hydrogen) atoms. The molecule has 1 atom stereocenters. The van der Waals surface area contributed by atoms with Crippen molar-refractivity contribution in [3.8, 4) is 22.3 Å². The van der Waals surface area contributed by atoms with Crippen LogP contribution in [0.15, 0.2) is 84.9 Å². The van der Waals surface area contributed by atoms with E-state index in [0.29, 0.717) is 0 Å². The van der Waals surface area contributed by atoms with Gasteiger partial charge in [0, 0.05) is 5.69 Å². The fourth-order valence-electron chi connectivity index (χ4n) is 4.53. The molecule has 0 spiro atoms. The topological polar surface area (TPSA) is 20.3 Å². The number of amides is 1. The molecule has 2 heteroatoms. The van der Waals surface area contributed by atoms with Crippen LogP contribution in [0.5, 0.6) is 0 Å². The van der Waals surface area contributed by atoms with Gasteiger partial charge in [0.25, 0.3) is 0 Å². The summed E-state index contributed by atoms with van der Waals surface area (Å²) in [5, 5.41) is 2.38. The Morgan fingerprint density at radius 1 is 0.793 bits per heavy atom. The van der Waals surface area contributed by atoms with Gasteiger partial charge in [-0.05, 0) is 57.1 Å². The number of benzene rings is 4. The summed E-state index contributed by atoms with van der Waals surface area (Å²) in [5.41, 5.74) is 7.12. The van der Waals surface area contributed by atoms with Gasteiger partial charge in [0.05, 0.1) is 6.04 Å². The van der Waals surface area contributed by atoms with Gasteiger partial charge in [-0.3, -0.25) is 4.79 Å². The van der Waals surface area contributed by atoms with Gasteiger partial charge in [-0.15, -0.1) is 0 Å². The largest absolute Gasteiger partial charge is 0.307 e. The zero-order valence-electron chi connectivity index (χ0n) is 16.2. The zero-order valence-corrected chi connectivity index (χ0v) is 16.2. The van der Waals surface area contributed by atoms with E-state index < -0.39 is 0 Å². The van der Waals surface area contributed by atoms with Crippen LogP contribution in [0.4, 0.5) is 5.69 Å². The maximum Gasteiger partial charge on any atom is 0.214 e. The van der Waals surface area contributed by atoms with E-state index in [4.69, 9.17) is 0 Å². The average molecular weight is 376 g/mol. The van der Waals surface area contributed by atoms with Crippen LogP contribution in [0, 0.1) is 6.92 Å². The van der Waals surface area contributed by atoms with E-state index in [9.17, 15) is 4.79 Å². The second kappa shape index (κ2) is 7.21. The molecule has 1 aliphatic carbocycles. The van der Waals surface area contributed by atoms with Gasteiger partial charge >= 0.3 is 0 Å². The number of hydrogen-bond acceptors (Lipinski definition) is 1. The minimum absolute atomic E-state index is 0.0514. The molecular weight excluding hydrogens is 354 g/mol. The normalized spacial score (nSPS) is 12.6. The number of carbonyl (C=O) groups excluding carboxylic acids is 1. The van der Waals surface area contributed by atoms with Crippen molar-refractivity contribution in [2.24, 2.45) is 0 Å². The molecule has 1 radical (unpaired) electrons. The molecule has 4 aromatic rings. The van der Waals surface area contributed by atoms with Crippen molar-refractivity contribution >= 4 is 22.9 Å². The first-order valence-electron chi connectivity index (χ1n) is 10.1. The Balaban J connectivity index is 1.59. The first-order chi connectivity index (χ1) is 14.3. The Hall–Kier alpha value is -3.39. The van der Waals surface area contributed by atoms with E-state index in [-0.39, 0.29) is 6.04 Å². The highest BCUT2D eigenvalue weighted by molar-refractivity contribution is 6.04. The van der Waals surface area contributed by atoms with Crippen LogP contribution in [-0.2, 0) is 4.79 Å². The maximum atomic E-state index is 12.3. The molecule has 1 aliphatic rings. The van der Waals surface area contributed by atoms with Crippen molar-refractivity contribution in [2.45, 2.75) is 18.9 Å². The summed E-state index contributed by atoms with van der Waals surface area (Å²) in [4.78, 5) is 14.2. The molecule has 0 saturated carbocycles. The molecule has 0 aliphatic heterocycles.